The van der Waals surface area contributed by atoms with Crippen LogP contribution in [-0.2, 0) is 0 Å². The highest BCUT2D eigenvalue weighted by molar-refractivity contribution is 5.87. The summed E-state index contributed by atoms with van der Waals surface area (Å²) < 4.78 is 377. The van der Waals surface area contributed by atoms with E-state index in [1.807, 2.05) is 0 Å². The monoisotopic (exact) mass is 1210 g/mol. The van der Waals surface area contributed by atoms with E-state index < -0.39 is 264 Å². The molecule has 0 N–H and O–H groups in total. The molecule has 25 unspecified atom stereocenters. The first kappa shape index (κ1) is 66.5. The van der Waals surface area contributed by atoms with E-state index in [0.29, 0.717) is 13.0 Å². The highest BCUT2D eigenvalue weighted by Crippen LogP contribution is 2.60. The molecule has 0 aromatic heterocycles. The number of allylic oxidation sites excluding steroid dienone is 6. The maximum Gasteiger partial charge on any atom is 0.180 e. The highest BCUT2D eigenvalue weighted by atomic mass is 19.2. The van der Waals surface area contributed by atoms with Gasteiger partial charge < -0.3 is 0 Å². The summed E-state index contributed by atoms with van der Waals surface area (Å²) in [4.78, 5) is 0. The molecular formula is C52H42F24N6. The minimum absolute atomic E-state index is 0.391. The molecule has 4 aliphatic rings. The first-order chi connectivity index (χ1) is 38.5. The Bertz CT molecular complexity index is 2820. The van der Waals surface area contributed by atoms with Crippen LogP contribution < -0.4 is 0 Å². The van der Waals surface area contributed by atoms with E-state index >= 15 is 79.0 Å². The number of hydrogen-bond acceptors (Lipinski definition) is 6. The van der Waals surface area contributed by atoms with Gasteiger partial charge in [0.05, 0.1) is 48.1 Å². The summed E-state index contributed by atoms with van der Waals surface area (Å²) in [5.74, 6) is -42.1. The van der Waals surface area contributed by atoms with Gasteiger partial charge in [0.15, 0.2) is 35.6 Å². The Morgan fingerprint density at radius 1 is 0.512 bits per heavy atom. The summed E-state index contributed by atoms with van der Waals surface area (Å²) in [6, 6.07) is 5.26. The molecule has 4 aliphatic carbocycles. The van der Waals surface area contributed by atoms with Gasteiger partial charge in [-0.1, -0.05) is 13.8 Å². The van der Waals surface area contributed by atoms with E-state index in [9.17, 15) is 42.1 Å². The van der Waals surface area contributed by atoms with Gasteiger partial charge in [0.2, 0.25) is 0 Å². The van der Waals surface area contributed by atoms with Crippen molar-refractivity contribution in [3.05, 3.63) is 67.8 Å². The average molecular weight is 1210 g/mol. The van der Waals surface area contributed by atoms with Gasteiger partial charge in [-0.05, 0) is 18.8 Å². The molecule has 4 saturated carbocycles. The third kappa shape index (κ3) is 11.3. The molecule has 0 spiro atoms. The number of benzene rings is 1. The molecular weight excluding hydrogens is 1160 g/mol. The fourth-order valence-electron chi connectivity index (χ4n) is 11.6. The average Bonchev–Trinajstić information content (AvgIpc) is 2.68. The number of alkyl halides is 20. The molecule has 448 valence electrons. The maximum absolute atomic E-state index is 17.0. The molecule has 82 heavy (non-hydrogen) atoms. The lowest BCUT2D eigenvalue weighted by atomic mass is 9.63. The summed E-state index contributed by atoms with van der Waals surface area (Å²) in [5, 5.41) is 58.7. The molecule has 4 fully saturated rings. The Morgan fingerprint density at radius 2 is 0.963 bits per heavy atom. The lowest BCUT2D eigenvalue weighted by Crippen LogP contribution is -2.62. The molecule has 5 rings (SSSR count). The van der Waals surface area contributed by atoms with E-state index in [4.69, 9.17) is 15.8 Å². The topological polar surface area (TPSA) is 143 Å². The predicted octanol–water partition coefficient (Wildman–Crippen LogP) is 13.2. The number of hydrogen-bond donors (Lipinski definition) is 0. The van der Waals surface area contributed by atoms with Gasteiger partial charge in [-0.2, -0.15) is 31.6 Å². The first-order valence-electron chi connectivity index (χ1n) is 24.6. The standard InChI is InChI=1S/C52H42F24N6/c1-3-21(55)24(42(66)35(59)14(5-53)7-77)13(2)34(58)43(67)25(23(57)6-54)16(8-78)26-27(17(9-79)30-41(65)22(56)4-15(36(60)46(30)70)29-44(68)37(61)19(11-81)38(62)45(29)69)28(26)18(10-80)31-47(71)51(75)33(52(76)48(31)72)32-49(73)39(63)20(12-82)40(64)50(32)74/h13-15,20-25,30-36,39-43,46-52H,3-6H2,1-2H3/t13?,14?,15?,20?,21?,22?,23?,24?,25?,30?,31?,32?,33?,34?,35?,36?,39-,40?,41?,42?,43?,46?,47?,48?,49?,50?,51?,52?/m0/s1. The first-order valence-corrected chi connectivity index (χ1v) is 24.6. The van der Waals surface area contributed by atoms with Crippen LogP contribution in [-0.4, -0.2) is 124 Å². The molecule has 26 atom stereocenters. The maximum atomic E-state index is 17.0. The molecule has 0 aliphatic heterocycles. The Balaban J connectivity index is 1.83. The van der Waals surface area contributed by atoms with Crippen molar-refractivity contribution in [2.45, 2.75) is 144 Å². The van der Waals surface area contributed by atoms with E-state index in [2.05, 4.69) is 0 Å². The second-order valence-electron chi connectivity index (χ2n) is 20.2. The van der Waals surface area contributed by atoms with Crippen LogP contribution in [0, 0.1) is 145 Å². The highest BCUT2D eigenvalue weighted by Gasteiger charge is 2.65. The smallest absolute Gasteiger partial charge is 0.180 e. The van der Waals surface area contributed by atoms with E-state index in [1.165, 1.54) is 0 Å². The number of nitrogens with zero attached hydrogens (tertiary/aromatic N) is 6. The summed E-state index contributed by atoms with van der Waals surface area (Å²) >= 11 is 0. The summed E-state index contributed by atoms with van der Waals surface area (Å²) in [7, 11) is 0. The second-order valence-corrected chi connectivity index (χ2v) is 20.2. The van der Waals surface area contributed by atoms with Crippen LogP contribution in [0.25, 0.3) is 0 Å². The molecule has 0 saturated heterocycles. The van der Waals surface area contributed by atoms with Crippen molar-refractivity contribution in [2.24, 2.45) is 53.3 Å². The van der Waals surface area contributed by atoms with Crippen molar-refractivity contribution in [3.8, 4) is 36.4 Å². The number of halogens is 24. The van der Waals surface area contributed by atoms with E-state index in [1.54, 1.807) is 0 Å². The van der Waals surface area contributed by atoms with Gasteiger partial charge in [0, 0.05) is 62.7 Å². The van der Waals surface area contributed by atoms with Gasteiger partial charge >= 0.3 is 0 Å². The number of rotatable bonds is 17. The fraction of sp³-hybridized carbons (Fsp3) is 0.654. The Morgan fingerprint density at radius 3 is 1.35 bits per heavy atom. The second kappa shape index (κ2) is 26.5. The van der Waals surface area contributed by atoms with Crippen molar-refractivity contribution in [1.29, 1.82) is 31.6 Å². The van der Waals surface area contributed by atoms with Crippen molar-refractivity contribution < 1.29 is 105 Å². The van der Waals surface area contributed by atoms with Crippen LogP contribution in [0.4, 0.5) is 105 Å². The summed E-state index contributed by atoms with van der Waals surface area (Å²) in [6.45, 7) is -3.24. The Kier molecular flexibility index (Phi) is 21.5. The molecule has 0 heterocycles. The van der Waals surface area contributed by atoms with Crippen LogP contribution in [0.15, 0.2) is 33.4 Å². The van der Waals surface area contributed by atoms with Gasteiger partial charge in [-0.15, -0.1) is 0 Å². The molecule has 0 radical (unpaired) electrons. The molecule has 6 nitrogen and oxygen atoms in total. The lowest BCUT2D eigenvalue weighted by molar-refractivity contribution is -0.149. The predicted molar refractivity (Wildman–Crippen MR) is 235 cm³/mol. The van der Waals surface area contributed by atoms with Gasteiger partial charge in [-0.3, -0.25) is 0 Å². The molecule has 0 amide bonds. The van der Waals surface area contributed by atoms with E-state index in [0.717, 1.165) is 37.3 Å². The molecule has 1 aromatic rings. The minimum atomic E-state index is -4.06. The SMILES string of the molecule is CCC(F)C(C(C)C(F)C(F)C(C(C#N)=C1C(=C(C#N)C2C(F)C(F)CC(c3c(F)c(F)c(C#N)c(F)c3F)C(F)C2F)C1=C(C#N)C1C(F)C(F)C(C2C(F)C(F)C(C#N)[C@H](F)C2F)C(F)C1F)C(F)CF)C(F)C(F)C(C#N)CF. The molecule has 30 heteroatoms. The van der Waals surface area contributed by atoms with Gasteiger partial charge in [0.1, 0.15) is 136 Å². The van der Waals surface area contributed by atoms with Crippen LogP contribution in [0.1, 0.15) is 43.7 Å². The van der Waals surface area contributed by atoms with Crippen LogP contribution in [0.5, 0.6) is 0 Å². The lowest BCUT2D eigenvalue weighted by Gasteiger charge is -2.47. The Hall–Kier alpha value is -6.30. The minimum Gasteiger partial charge on any atom is -0.250 e. The van der Waals surface area contributed by atoms with Crippen molar-refractivity contribution >= 4 is 0 Å². The summed E-state index contributed by atoms with van der Waals surface area (Å²) in [5.41, 5.74) is -15.5. The zero-order valence-electron chi connectivity index (χ0n) is 41.7. The quantitative estimate of drug-likeness (QED) is 0.0658. The zero-order valence-corrected chi connectivity index (χ0v) is 41.7. The van der Waals surface area contributed by atoms with Crippen LogP contribution in [0.3, 0.4) is 0 Å². The van der Waals surface area contributed by atoms with Crippen molar-refractivity contribution in [2.75, 3.05) is 13.3 Å². The number of nitriles is 6. The zero-order chi connectivity index (χ0) is 62.2. The van der Waals surface area contributed by atoms with Crippen molar-refractivity contribution in [3.63, 3.8) is 0 Å². The normalized spacial score (nSPS) is 37.6. The third-order valence-corrected chi connectivity index (χ3v) is 16.0. The Labute approximate surface area is 450 Å². The van der Waals surface area contributed by atoms with Crippen LogP contribution in [0.2, 0.25) is 0 Å². The van der Waals surface area contributed by atoms with Crippen LogP contribution >= 0.6 is 0 Å². The van der Waals surface area contributed by atoms with Gasteiger partial charge in [0.25, 0.3) is 0 Å². The van der Waals surface area contributed by atoms with Gasteiger partial charge in [-0.25, -0.2) is 105 Å². The third-order valence-electron chi connectivity index (χ3n) is 16.0. The molecule has 1 aromatic carbocycles. The van der Waals surface area contributed by atoms with Crippen molar-refractivity contribution in [1.82, 2.24) is 0 Å². The van der Waals surface area contributed by atoms with E-state index in [-0.39, 0.29) is 0 Å². The summed E-state index contributed by atoms with van der Waals surface area (Å²) in [6.07, 6.45) is -69.4. The largest absolute Gasteiger partial charge is 0.250 e. The fourth-order valence-corrected chi connectivity index (χ4v) is 11.6. The molecule has 0 bridgehead atoms.